The van der Waals surface area contributed by atoms with Crippen LogP contribution in [-0.4, -0.2) is 0 Å². The largest absolute Gasteiger partial charge is 0.0790 e. The normalized spacial score (nSPS) is 10.7. The number of rotatable bonds is 3. The molecule has 0 unspecified atom stereocenters. The molecule has 1 radical (unpaired) electrons. The third kappa shape index (κ3) is 6.34. The van der Waals surface area contributed by atoms with E-state index in [4.69, 9.17) is 0 Å². The van der Waals surface area contributed by atoms with Gasteiger partial charge in [0.1, 0.15) is 0 Å². The van der Waals surface area contributed by atoms with Crippen LogP contribution in [-0.2, 0) is 0 Å². The standard InChI is InChI=1S/C9H16Br/c1-7(2)5-9(10)6-8(3)4/h5,8H,6H2,1-4H3. The molecule has 0 amide bonds. The predicted octanol–water partition coefficient (Wildman–Crippen LogP) is 3.93. The van der Waals surface area contributed by atoms with Crippen LogP contribution in [0.2, 0.25) is 0 Å². The van der Waals surface area contributed by atoms with Crippen LogP contribution in [0.1, 0.15) is 34.1 Å². The Kier molecular flexibility index (Phi) is 5.06. The highest BCUT2D eigenvalue weighted by Crippen LogP contribution is 2.22. The smallest absolute Gasteiger partial charge is 0.0629 e. The van der Waals surface area contributed by atoms with Gasteiger partial charge in [-0.3, -0.25) is 0 Å². The van der Waals surface area contributed by atoms with Gasteiger partial charge in [-0.15, -0.1) is 0 Å². The molecule has 0 aromatic rings. The molecular weight excluding hydrogens is 188 g/mol. The zero-order valence-electron chi connectivity index (χ0n) is 7.24. The molecule has 0 aliphatic heterocycles. The van der Waals surface area contributed by atoms with E-state index in [2.05, 4.69) is 49.7 Å². The average molecular weight is 204 g/mol. The zero-order chi connectivity index (χ0) is 8.15. The predicted molar refractivity (Wildman–Crippen MR) is 51.1 cm³/mol. The van der Waals surface area contributed by atoms with Gasteiger partial charge < -0.3 is 0 Å². The minimum absolute atomic E-state index is 0.741. The first kappa shape index (κ1) is 10.2. The summed E-state index contributed by atoms with van der Waals surface area (Å²) in [5.41, 5.74) is 1.35. The van der Waals surface area contributed by atoms with Crippen LogP contribution in [0.15, 0.2) is 11.6 Å². The molecule has 0 nitrogen and oxygen atoms in total. The Morgan fingerprint density at radius 1 is 1.40 bits per heavy atom. The summed E-state index contributed by atoms with van der Waals surface area (Å²) in [6, 6.07) is 0. The van der Waals surface area contributed by atoms with E-state index in [9.17, 15) is 0 Å². The van der Waals surface area contributed by atoms with E-state index < -0.39 is 0 Å². The van der Waals surface area contributed by atoms with E-state index >= 15 is 0 Å². The van der Waals surface area contributed by atoms with Crippen LogP contribution >= 0.6 is 15.9 Å². The fourth-order valence-electron chi connectivity index (χ4n) is 0.762. The van der Waals surface area contributed by atoms with Crippen LogP contribution in [0.4, 0.5) is 0 Å². The fraction of sp³-hybridized carbons (Fsp3) is 0.667. The molecule has 0 spiro atoms. The molecule has 0 aromatic heterocycles. The van der Waals surface area contributed by atoms with Crippen LogP contribution in [0, 0.1) is 10.7 Å². The molecule has 59 valence electrons. The van der Waals surface area contributed by atoms with Crippen molar-refractivity contribution in [2.75, 3.05) is 0 Å². The second-order valence-electron chi connectivity index (χ2n) is 3.27. The van der Waals surface area contributed by atoms with Crippen molar-refractivity contribution in [2.24, 2.45) is 5.92 Å². The highest BCUT2D eigenvalue weighted by molar-refractivity contribution is 9.11. The summed E-state index contributed by atoms with van der Waals surface area (Å²) >= 11 is 3.52. The lowest BCUT2D eigenvalue weighted by Crippen LogP contribution is -1.91. The minimum Gasteiger partial charge on any atom is -0.0790 e. The fourth-order valence-corrected chi connectivity index (χ4v) is 1.87. The summed E-state index contributed by atoms with van der Waals surface area (Å²) in [5, 5.41) is 0. The Bertz CT molecular complexity index is 110. The first-order chi connectivity index (χ1) is 4.52. The van der Waals surface area contributed by atoms with E-state index in [1.54, 1.807) is 0 Å². The number of halogens is 1. The van der Waals surface area contributed by atoms with Crippen molar-refractivity contribution in [1.82, 2.24) is 0 Å². The number of hydrogen-bond donors (Lipinski definition) is 0. The van der Waals surface area contributed by atoms with E-state index in [1.165, 1.54) is 10.4 Å². The van der Waals surface area contributed by atoms with Crippen molar-refractivity contribution in [3.63, 3.8) is 0 Å². The van der Waals surface area contributed by atoms with Crippen LogP contribution in [0.25, 0.3) is 0 Å². The second-order valence-corrected chi connectivity index (χ2v) is 4.29. The molecule has 0 aromatic carbocycles. The second kappa shape index (κ2) is 4.95. The molecule has 0 aliphatic rings. The molecule has 0 heterocycles. The highest BCUT2D eigenvalue weighted by atomic mass is 79.9. The Labute approximate surface area is 72.8 Å². The third-order valence-electron chi connectivity index (χ3n) is 1.05. The lowest BCUT2D eigenvalue weighted by atomic mass is 10.1. The average Bonchev–Trinajstić information content (AvgIpc) is 1.58. The SMILES string of the molecule is CC(C)=C[C](Br)CC(C)C. The first-order valence-corrected chi connectivity index (χ1v) is 4.48. The van der Waals surface area contributed by atoms with Crippen LogP contribution in [0.3, 0.4) is 0 Å². The van der Waals surface area contributed by atoms with Crippen LogP contribution in [0.5, 0.6) is 0 Å². The van der Waals surface area contributed by atoms with E-state index in [0.29, 0.717) is 0 Å². The third-order valence-corrected chi connectivity index (χ3v) is 1.60. The Balaban J connectivity index is 3.64. The molecule has 0 fully saturated rings. The minimum atomic E-state index is 0.741. The molecular formula is C9H16Br. The summed E-state index contributed by atoms with van der Waals surface area (Å²) in [6.07, 6.45) is 3.32. The lowest BCUT2D eigenvalue weighted by Gasteiger charge is -2.06. The van der Waals surface area contributed by atoms with Gasteiger partial charge in [-0.2, -0.15) is 0 Å². The van der Waals surface area contributed by atoms with Crippen molar-refractivity contribution < 1.29 is 0 Å². The molecule has 0 bridgehead atoms. The molecule has 0 atom stereocenters. The van der Waals surface area contributed by atoms with E-state index in [0.717, 1.165) is 12.3 Å². The van der Waals surface area contributed by atoms with E-state index in [1.807, 2.05) is 0 Å². The molecule has 0 saturated carbocycles. The van der Waals surface area contributed by atoms with E-state index in [-0.39, 0.29) is 0 Å². The highest BCUT2D eigenvalue weighted by Gasteiger charge is 2.02. The molecule has 0 saturated heterocycles. The van der Waals surface area contributed by atoms with Crippen molar-refractivity contribution in [1.29, 1.82) is 0 Å². The molecule has 1 heteroatoms. The Hall–Kier alpha value is 0.220. The van der Waals surface area contributed by atoms with Gasteiger partial charge >= 0.3 is 0 Å². The summed E-state index contributed by atoms with van der Waals surface area (Å²) in [7, 11) is 0. The van der Waals surface area contributed by atoms with Crippen molar-refractivity contribution in [3.8, 4) is 0 Å². The topological polar surface area (TPSA) is 0 Å². The number of hydrogen-bond acceptors (Lipinski definition) is 0. The summed E-state index contributed by atoms with van der Waals surface area (Å²) < 4.78 is 0. The van der Waals surface area contributed by atoms with Gasteiger partial charge in [-0.05, 0) is 26.2 Å². The number of allylic oxidation sites excluding steroid dienone is 2. The molecule has 0 N–H and O–H groups in total. The van der Waals surface area contributed by atoms with Gasteiger partial charge in [0, 0.05) is 0 Å². The maximum absolute atomic E-state index is 3.52. The van der Waals surface area contributed by atoms with Gasteiger partial charge in [0.15, 0.2) is 0 Å². The molecule has 0 aliphatic carbocycles. The Morgan fingerprint density at radius 3 is 2.20 bits per heavy atom. The van der Waals surface area contributed by atoms with Crippen molar-refractivity contribution >= 4 is 15.9 Å². The van der Waals surface area contributed by atoms with Crippen LogP contribution < -0.4 is 0 Å². The molecule has 0 rings (SSSR count). The quantitative estimate of drug-likeness (QED) is 0.653. The van der Waals surface area contributed by atoms with Gasteiger partial charge in [-0.1, -0.05) is 41.4 Å². The molecule has 10 heavy (non-hydrogen) atoms. The summed E-state index contributed by atoms with van der Waals surface area (Å²) in [5.74, 6) is 0.741. The van der Waals surface area contributed by atoms with Gasteiger partial charge in [0.25, 0.3) is 0 Å². The van der Waals surface area contributed by atoms with Gasteiger partial charge in [0.05, 0.1) is 4.83 Å². The maximum Gasteiger partial charge on any atom is 0.0629 e. The van der Waals surface area contributed by atoms with Gasteiger partial charge in [-0.25, -0.2) is 0 Å². The zero-order valence-corrected chi connectivity index (χ0v) is 8.83. The summed E-state index contributed by atoms with van der Waals surface area (Å²) in [6.45, 7) is 8.67. The summed E-state index contributed by atoms with van der Waals surface area (Å²) in [4.78, 5) is 1.31. The first-order valence-electron chi connectivity index (χ1n) is 3.68. The van der Waals surface area contributed by atoms with Crippen molar-refractivity contribution in [3.05, 3.63) is 16.5 Å². The van der Waals surface area contributed by atoms with Gasteiger partial charge in [0.2, 0.25) is 0 Å². The monoisotopic (exact) mass is 203 g/mol. The maximum atomic E-state index is 3.52. The lowest BCUT2D eigenvalue weighted by molar-refractivity contribution is 0.640. The Morgan fingerprint density at radius 2 is 1.90 bits per heavy atom. The van der Waals surface area contributed by atoms with Crippen molar-refractivity contribution in [2.45, 2.75) is 34.1 Å².